The van der Waals surface area contributed by atoms with Crippen molar-refractivity contribution in [1.29, 1.82) is 0 Å². The zero-order valence-electron chi connectivity index (χ0n) is 15.1. The minimum absolute atomic E-state index is 0. The molecule has 144 valence electrons. The SMILES string of the molecule is Cc1ccc(-c2cn3ncc(C(=O)Nc4cc(C(N)=O)cnc4C)c3s2)cn1.[HH].[HH]. The van der Waals surface area contributed by atoms with Crippen molar-refractivity contribution in [2.45, 2.75) is 13.8 Å². The lowest BCUT2D eigenvalue weighted by Gasteiger charge is -2.08. The summed E-state index contributed by atoms with van der Waals surface area (Å²) in [6, 6.07) is 5.44. The van der Waals surface area contributed by atoms with Gasteiger partial charge in [0.2, 0.25) is 5.91 Å². The molecule has 0 aliphatic rings. The highest BCUT2D eigenvalue weighted by atomic mass is 32.1. The van der Waals surface area contributed by atoms with Crippen LogP contribution in [0.2, 0.25) is 0 Å². The highest BCUT2D eigenvalue weighted by molar-refractivity contribution is 7.21. The number of carbonyl (C=O) groups is 2. The highest BCUT2D eigenvalue weighted by Gasteiger charge is 2.18. The Hall–Kier alpha value is -3.59. The van der Waals surface area contributed by atoms with Gasteiger partial charge < -0.3 is 11.1 Å². The Balaban J connectivity index is 0.00000160. The molecular formula is C19H20N6O2S. The molecule has 2 amide bonds. The minimum atomic E-state index is -0.606. The van der Waals surface area contributed by atoms with Crippen molar-refractivity contribution >= 4 is 33.7 Å². The maximum absolute atomic E-state index is 12.8. The first-order valence-electron chi connectivity index (χ1n) is 8.40. The lowest BCUT2D eigenvalue weighted by molar-refractivity contribution is 0.0996. The molecular weight excluding hydrogens is 376 g/mol. The van der Waals surface area contributed by atoms with Crippen LogP contribution in [0.15, 0.2) is 43.0 Å². The predicted octanol–water partition coefficient (Wildman–Crippen LogP) is 3.31. The number of primary amides is 1. The van der Waals surface area contributed by atoms with E-state index in [0.717, 1.165) is 16.1 Å². The van der Waals surface area contributed by atoms with Crippen molar-refractivity contribution in [3.05, 3.63) is 65.5 Å². The molecule has 0 saturated heterocycles. The number of carbonyl (C=O) groups excluding carboxylic acids is 2. The fourth-order valence-corrected chi connectivity index (χ4v) is 3.72. The van der Waals surface area contributed by atoms with Gasteiger partial charge in [-0.25, -0.2) is 4.52 Å². The average molecular weight is 396 g/mol. The number of hydrogen-bond acceptors (Lipinski definition) is 6. The zero-order chi connectivity index (χ0) is 19.8. The Morgan fingerprint density at radius 2 is 2.00 bits per heavy atom. The summed E-state index contributed by atoms with van der Waals surface area (Å²) in [4.78, 5) is 34.2. The van der Waals surface area contributed by atoms with Gasteiger partial charge in [0.05, 0.1) is 33.6 Å². The second kappa shape index (κ2) is 6.86. The fourth-order valence-electron chi connectivity index (χ4n) is 2.67. The Kier molecular flexibility index (Phi) is 4.36. The average Bonchev–Trinajstić information content (AvgIpc) is 3.24. The summed E-state index contributed by atoms with van der Waals surface area (Å²) in [7, 11) is 0. The molecule has 0 atom stereocenters. The van der Waals surface area contributed by atoms with Crippen molar-refractivity contribution in [2.24, 2.45) is 5.73 Å². The van der Waals surface area contributed by atoms with Crippen LogP contribution in [-0.4, -0.2) is 31.4 Å². The summed E-state index contributed by atoms with van der Waals surface area (Å²) in [5.41, 5.74) is 8.86. The first-order valence-corrected chi connectivity index (χ1v) is 9.22. The van der Waals surface area contributed by atoms with Gasteiger partial charge in [0.1, 0.15) is 4.83 Å². The molecule has 0 bridgehead atoms. The van der Waals surface area contributed by atoms with Gasteiger partial charge >= 0.3 is 0 Å². The highest BCUT2D eigenvalue weighted by Crippen LogP contribution is 2.30. The summed E-state index contributed by atoms with van der Waals surface area (Å²) in [5, 5.41) is 7.06. The Labute approximate surface area is 167 Å². The number of hydrogen-bond donors (Lipinski definition) is 2. The minimum Gasteiger partial charge on any atom is -0.366 e. The molecule has 0 spiro atoms. The van der Waals surface area contributed by atoms with Crippen LogP contribution in [0.1, 0.15) is 35.0 Å². The maximum atomic E-state index is 12.8. The fraction of sp³-hybridized carbons (Fsp3) is 0.105. The van der Waals surface area contributed by atoms with Gasteiger partial charge in [-0.05, 0) is 26.0 Å². The Morgan fingerprint density at radius 3 is 2.71 bits per heavy atom. The molecule has 4 aromatic heterocycles. The quantitative estimate of drug-likeness (QED) is 0.549. The monoisotopic (exact) mass is 396 g/mol. The Morgan fingerprint density at radius 1 is 1.18 bits per heavy atom. The molecule has 9 heteroatoms. The zero-order valence-corrected chi connectivity index (χ0v) is 15.9. The molecule has 0 saturated carbocycles. The molecule has 3 N–H and O–H groups in total. The van der Waals surface area contributed by atoms with E-state index in [9.17, 15) is 9.59 Å². The largest absolute Gasteiger partial charge is 0.366 e. The van der Waals surface area contributed by atoms with Gasteiger partial charge in [-0.3, -0.25) is 19.6 Å². The third-order valence-electron chi connectivity index (χ3n) is 4.26. The summed E-state index contributed by atoms with van der Waals surface area (Å²) in [6.07, 6.45) is 6.56. The summed E-state index contributed by atoms with van der Waals surface area (Å²) in [5.74, 6) is -0.942. The van der Waals surface area contributed by atoms with Crippen molar-refractivity contribution in [3.63, 3.8) is 0 Å². The normalized spacial score (nSPS) is 10.9. The Bertz CT molecular complexity index is 1220. The van der Waals surface area contributed by atoms with E-state index < -0.39 is 5.91 Å². The topological polar surface area (TPSA) is 115 Å². The molecule has 4 heterocycles. The molecule has 28 heavy (non-hydrogen) atoms. The molecule has 4 aromatic rings. The number of fused-ring (bicyclic) bond motifs is 1. The number of aromatic nitrogens is 4. The van der Waals surface area contributed by atoms with Gasteiger partial charge in [0, 0.05) is 32.7 Å². The summed E-state index contributed by atoms with van der Waals surface area (Å²) >= 11 is 1.45. The van der Waals surface area contributed by atoms with E-state index in [1.807, 2.05) is 25.3 Å². The van der Waals surface area contributed by atoms with E-state index in [4.69, 9.17) is 5.73 Å². The molecule has 0 unspecified atom stereocenters. The number of aryl methyl sites for hydroxylation is 2. The number of nitrogens with two attached hydrogens (primary N) is 1. The van der Waals surface area contributed by atoms with E-state index in [1.54, 1.807) is 17.6 Å². The third kappa shape index (κ3) is 3.23. The standard InChI is InChI=1S/C19H16N6O2S.2H2/c1-10-3-4-12(6-21-10)16-9-25-19(28-16)14(8-23-25)18(27)24-15-5-13(17(20)26)7-22-11(15)2;;/h3-9H,1-2H3,(H2,20,26)(H,24,27);2*1H. The molecule has 0 aromatic carbocycles. The van der Waals surface area contributed by atoms with E-state index >= 15 is 0 Å². The van der Waals surface area contributed by atoms with Gasteiger partial charge in [-0.1, -0.05) is 6.07 Å². The third-order valence-corrected chi connectivity index (χ3v) is 5.42. The summed E-state index contributed by atoms with van der Waals surface area (Å²) < 4.78 is 1.67. The lowest BCUT2D eigenvalue weighted by Crippen LogP contribution is -2.16. The van der Waals surface area contributed by atoms with Crippen LogP contribution in [0.4, 0.5) is 5.69 Å². The smallest absolute Gasteiger partial charge is 0.260 e. The van der Waals surface area contributed by atoms with E-state index in [1.165, 1.54) is 29.8 Å². The van der Waals surface area contributed by atoms with Crippen LogP contribution in [0, 0.1) is 13.8 Å². The number of nitrogens with zero attached hydrogens (tertiary/aromatic N) is 4. The number of rotatable bonds is 4. The first kappa shape index (κ1) is 17.8. The molecule has 4 rings (SSSR count). The van der Waals surface area contributed by atoms with Crippen molar-refractivity contribution in [1.82, 2.24) is 19.6 Å². The van der Waals surface area contributed by atoms with E-state index in [2.05, 4.69) is 20.4 Å². The number of amides is 2. The van der Waals surface area contributed by atoms with Crippen molar-refractivity contribution in [3.8, 4) is 10.4 Å². The molecule has 0 fully saturated rings. The van der Waals surface area contributed by atoms with Crippen LogP contribution in [0.3, 0.4) is 0 Å². The van der Waals surface area contributed by atoms with E-state index in [-0.39, 0.29) is 14.3 Å². The number of thiazole rings is 1. The molecule has 0 aliphatic carbocycles. The van der Waals surface area contributed by atoms with Gasteiger partial charge in [-0.15, -0.1) is 11.3 Å². The van der Waals surface area contributed by atoms with Gasteiger partial charge in [0.15, 0.2) is 0 Å². The van der Waals surface area contributed by atoms with Crippen molar-refractivity contribution in [2.75, 3.05) is 5.32 Å². The number of nitrogens with one attached hydrogen (secondary N) is 1. The molecule has 0 aliphatic heterocycles. The van der Waals surface area contributed by atoms with Gasteiger partial charge in [0.25, 0.3) is 5.91 Å². The van der Waals surface area contributed by atoms with Crippen LogP contribution < -0.4 is 11.1 Å². The number of pyridine rings is 2. The first-order chi connectivity index (χ1) is 13.4. The lowest BCUT2D eigenvalue weighted by atomic mass is 10.2. The predicted molar refractivity (Wildman–Crippen MR) is 111 cm³/mol. The molecule has 0 radical (unpaired) electrons. The second-order valence-corrected chi connectivity index (χ2v) is 7.30. The van der Waals surface area contributed by atoms with Crippen LogP contribution in [-0.2, 0) is 0 Å². The maximum Gasteiger partial charge on any atom is 0.260 e. The van der Waals surface area contributed by atoms with Gasteiger partial charge in [-0.2, -0.15) is 5.10 Å². The molecule has 8 nitrogen and oxygen atoms in total. The van der Waals surface area contributed by atoms with Crippen molar-refractivity contribution < 1.29 is 12.4 Å². The summed E-state index contributed by atoms with van der Waals surface area (Å²) in [6.45, 7) is 3.67. The van der Waals surface area contributed by atoms with Crippen LogP contribution >= 0.6 is 11.3 Å². The van der Waals surface area contributed by atoms with Crippen LogP contribution in [0.5, 0.6) is 0 Å². The van der Waals surface area contributed by atoms with Crippen LogP contribution in [0.25, 0.3) is 15.3 Å². The van der Waals surface area contributed by atoms with E-state index in [0.29, 0.717) is 21.8 Å². The number of anilines is 1. The second-order valence-electron chi connectivity index (χ2n) is 6.27.